The molecular weight excluding hydrogens is 254 g/mol. The molecule has 3 heteroatoms. The van der Waals surface area contributed by atoms with Crippen molar-refractivity contribution in [1.82, 2.24) is 5.32 Å². The molecule has 2 aliphatic carbocycles. The minimum Gasteiger partial charge on any atom is -0.353 e. The third-order valence-electron chi connectivity index (χ3n) is 3.97. The molecule has 0 saturated heterocycles. The van der Waals surface area contributed by atoms with Crippen molar-refractivity contribution in [3.8, 4) is 0 Å². The van der Waals surface area contributed by atoms with Gasteiger partial charge in [0.25, 0.3) is 0 Å². The van der Waals surface area contributed by atoms with Crippen molar-refractivity contribution in [2.75, 3.05) is 5.33 Å². The van der Waals surface area contributed by atoms with Gasteiger partial charge in [-0.1, -0.05) is 22.4 Å². The molecule has 0 aromatic heterocycles. The molecule has 0 aromatic rings. The molecule has 86 valence electrons. The Morgan fingerprint density at radius 1 is 1.47 bits per heavy atom. The van der Waals surface area contributed by atoms with E-state index in [1.807, 2.05) is 6.92 Å². The molecule has 0 aromatic carbocycles. The Morgan fingerprint density at radius 2 is 2.27 bits per heavy atom. The van der Waals surface area contributed by atoms with Crippen LogP contribution >= 0.6 is 15.9 Å². The molecule has 2 rings (SSSR count). The molecule has 0 heterocycles. The number of nitrogens with one attached hydrogen (secondary N) is 1. The van der Waals surface area contributed by atoms with Crippen LogP contribution in [-0.2, 0) is 4.79 Å². The zero-order valence-corrected chi connectivity index (χ0v) is 10.9. The number of hydrogen-bond acceptors (Lipinski definition) is 1. The first-order chi connectivity index (χ1) is 7.19. The van der Waals surface area contributed by atoms with Gasteiger partial charge in [0, 0.05) is 17.8 Å². The number of fused-ring (bicyclic) bond motifs is 2. The SMILES string of the molecule is CC(CBr)NC(=O)CC1CC2CCC1C2. The molecule has 1 N–H and O–H groups in total. The Kier molecular flexibility index (Phi) is 3.70. The van der Waals surface area contributed by atoms with E-state index in [-0.39, 0.29) is 11.9 Å². The second-order valence-electron chi connectivity index (χ2n) is 5.26. The number of halogens is 1. The lowest BCUT2D eigenvalue weighted by molar-refractivity contribution is -0.122. The predicted molar refractivity (Wildman–Crippen MR) is 65.0 cm³/mol. The lowest BCUT2D eigenvalue weighted by Gasteiger charge is -2.21. The van der Waals surface area contributed by atoms with Gasteiger partial charge in [0.15, 0.2) is 0 Å². The fraction of sp³-hybridized carbons (Fsp3) is 0.917. The fourth-order valence-electron chi connectivity index (χ4n) is 3.24. The van der Waals surface area contributed by atoms with Crippen molar-refractivity contribution in [3.63, 3.8) is 0 Å². The minimum absolute atomic E-state index is 0.250. The zero-order chi connectivity index (χ0) is 10.8. The van der Waals surface area contributed by atoms with Gasteiger partial charge in [-0.15, -0.1) is 0 Å². The summed E-state index contributed by atoms with van der Waals surface area (Å²) in [6, 6.07) is 0.260. The van der Waals surface area contributed by atoms with Gasteiger partial charge in [0.05, 0.1) is 0 Å². The van der Waals surface area contributed by atoms with Gasteiger partial charge >= 0.3 is 0 Å². The molecule has 2 bridgehead atoms. The lowest BCUT2D eigenvalue weighted by Crippen LogP contribution is -2.35. The molecule has 4 unspecified atom stereocenters. The summed E-state index contributed by atoms with van der Waals surface area (Å²) in [5.41, 5.74) is 0. The first kappa shape index (κ1) is 11.4. The minimum atomic E-state index is 0.250. The first-order valence-corrected chi connectivity index (χ1v) is 7.16. The Hall–Kier alpha value is -0.0500. The van der Waals surface area contributed by atoms with Crippen molar-refractivity contribution >= 4 is 21.8 Å². The molecule has 2 saturated carbocycles. The van der Waals surface area contributed by atoms with E-state index in [1.165, 1.54) is 25.7 Å². The van der Waals surface area contributed by atoms with E-state index in [2.05, 4.69) is 21.2 Å². The van der Waals surface area contributed by atoms with Gasteiger partial charge in [-0.25, -0.2) is 0 Å². The number of hydrogen-bond donors (Lipinski definition) is 1. The molecule has 1 amide bonds. The van der Waals surface area contributed by atoms with Crippen molar-refractivity contribution in [2.45, 2.75) is 45.1 Å². The van der Waals surface area contributed by atoms with E-state index in [4.69, 9.17) is 0 Å². The Morgan fingerprint density at radius 3 is 2.80 bits per heavy atom. The average molecular weight is 274 g/mol. The maximum atomic E-state index is 11.7. The zero-order valence-electron chi connectivity index (χ0n) is 9.34. The van der Waals surface area contributed by atoms with E-state index >= 15 is 0 Å². The molecule has 0 spiro atoms. The van der Waals surface area contributed by atoms with Gasteiger partial charge in [-0.3, -0.25) is 4.79 Å². The van der Waals surface area contributed by atoms with Gasteiger partial charge in [-0.2, -0.15) is 0 Å². The summed E-state index contributed by atoms with van der Waals surface area (Å²) in [4.78, 5) is 11.7. The summed E-state index contributed by atoms with van der Waals surface area (Å²) < 4.78 is 0. The van der Waals surface area contributed by atoms with Crippen LogP contribution in [0.15, 0.2) is 0 Å². The lowest BCUT2D eigenvalue weighted by atomic mass is 9.86. The largest absolute Gasteiger partial charge is 0.353 e. The number of carbonyl (C=O) groups excluding carboxylic acids is 1. The Labute approximate surface area is 100 Å². The number of carbonyl (C=O) groups is 1. The Bertz CT molecular complexity index is 244. The quantitative estimate of drug-likeness (QED) is 0.785. The van der Waals surface area contributed by atoms with Gasteiger partial charge in [-0.05, 0) is 43.9 Å². The summed E-state index contributed by atoms with van der Waals surface area (Å²) in [6.45, 7) is 2.04. The summed E-state index contributed by atoms with van der Waals surface area (Å²) in [5, 5.41) is 3.87. The third kappa shape index (κ3) is 2.74. The summed E-state index contributed by atoms with van der Waals surface area (Å²) in [6.07, 6.45) is 6.25. The van der Waals surface area contributed by atoms with E-state index in [1.54, 1.807) is 0 Å². The van der Waals surface area contributed by atoms with Crippen LogP contribution in [0.4, 0.5) is 0 Å². The van der Waals surface area contributed by atoms with E-state index in [9.17, 15) is 4.79 Å². The van der Waals surface area contributed by atoms with Crippen LogP contribution < -0.4 is 5.32 Å². The van der Waals surface area contributed by atoms with Gasteiger partial charge in [0.1, 0.15) is 0 Å². The number of rotatable bonds is 4. The average Bonchev–Trinajstić information content (AvgIpc) is 2.78. The fourth-order valence-corrected chi connectivity index (χ4v) is 3.40. The summed E-state index contributed by atoms with van der Waals surface area (Å²) >= 11 is 3.37. The number of alkyl halides is 1. The highest BCUT2D eigenvalue weighted by Gasteiger charge is 2.40. The highest BCUT2D eigenvalue weighted by Crippen LogP contribution is 2.49. The second-order valence-corrected chi connectivity index (χ2v) is 5.91. The third-order valence-corrected chi connectivity index (χ3v) is 4.94. The van der Waals surface area contributed by atoms with Crippen LogP contribution in [0.3, 0.4) is 0 Å². The summed E-state index contributed by atoms with van der Waals surface area (Å²) in [5.74, 6) is 2.74. The normalized spacial score (nSPS) is 35.5. The molecule has 0 aliphatic heterocycles. The Balaban J connectivity index is 1.75. The van der Waals surface area contributed by atoms with Crippen LogP contribution in [0.25, 0.3) is 0 Å². The molecule has 4 atom stereocenters. The molecule has 2 nitrogen and oxygen atoms in total. The van der Waals surface area contributed by atoms with E-state index < -0.39 is 0 Å². The number of amides is 1. The maximum absolute atomic E-state index is 11.7. The topological polar surface area (TPSA) is 29.1 Å². The van der Waals surface area contributed by atoms with Crippen molar-refractivity contribution in [3.05, 3.63) is 0 Å². The predicted octanol–water partition coefficient (Wildman–Crippen LogP) is 2.71. The van der Waals surface area contributed by atoms with Crippen LogP contribution in [-0.4, -0.2) is 17.3 Å². The van der Waals surface area contributed by atoms with Gasteiger partial charge in [0.2, 0.25) is 5.91 Å². The molecular formula is C12H20BrNO. The van der Waals surface area contributed by atoms with Crippen molar-refractivity contribution in [1.29, 1.82) is 0 Å². The van der Waals surface area contributed by atoms with Gasteiger partial charge < -0.3 is 5.32 Å². The molecule has 15 heavy (non-hydrogen) atoms. The highest BCUT2D eigenvalue weighted by atomic mass is 79.9. The second kappa shape index (κ2) is 4.86. The van der Waals surface area contributed by atoms with Crippen LogP contribution in [0.1, 0.15) is 39.0 Å². The van der Waals surface area contributed by atoms with E-state index in [0.29, 0.717) is 5.92 Å². The highest BCUT2D eigenvalue weighted by molar-refractivity contribution is 9.09. The van der Waals surface area contributed by atoms with Crippen LogP contribution in [0.5, 0.6) is 0 Å². The standard InChI is InChI=1S/C12H20BrNO/c1-8(7-13)14-12(15)6-11-5-9-2-3-10(11)4-9/h8-11H,2-7H2,1H3,(H,14,15). The smallest absolute Gasteiger partial charge is 0.220 e. The molecule has 2 fully saturated rings. The van der Waals surface area contributed by atoms with Crippen molar-refractivity contribution < 1.29 is 4.79 Å². The summed E-state index contributed by atoms with van der Waals surface area (Å²) in [7, 11) is 0. The molecule has 2 aliphatic rings. The van der Waals surface area contributed by atoms with E-state index in [0.717, 1.165) is 23.6 Å². The first-order valence-electron chi connectivity index (χ1n) is 6.04. The molecule has 0 radical (unpaired) electrons. The van der Waals surface area contributed by atoms with Crippen LogP contribution in [0.2, 0.25) is 0 Å². The maximum Gasteiger partial charge on any atom is 0.220 e. The monoisotopic (exact) mass is 273 g/mol. The van der Waals surface area contributed by atoms with Crippen molar-refractivity contribution in [2.24, 2.45) is 17.8 Å². The van der Waals surface area contributed by atoms with Crippen LogP contribution in [0, 0.1) is 17.8 Å².